The highest BCUT2D eigenvalue weighted by molar-refractivity contribution is 7.80. The van der Waals surface area contributed by atoms with Crippen molar-refractivity contribution >= 4 is 34.6 Å². The van der Waals surface area contributed by atoms with E-state index in [2.05, 4.69) is 19.8 Å². The molecule has 0 radical (unpaired) electrons. The monoisotopic (exact) mass is 327 g/mol. The third-order valence-electron chi connectivity index (χ3n) is 3.57. The maximum atomic E-state index is 12.3. The van der Waals surface area contributed by atoms with Gasteiger partial charge in [-0.2, -0.15) is 0 Å². The zero-order valence-electron chi connectivity index (χ0n) is 12.3. The molecule has 116 valence electrons. The number of nitrogens with two attached hydrogens (primary N) is 1. The maximum absolute atomic E-state index is 12.3. The van der Waals surface area contributed by atoms with Crippen LogP contribution in [0.5, 0.6) is 0 Å². The van der Waals surface area contributed by atoms with Crippen molar-refractivity contribution in [2.75, 3.05) is 19.6 Å². The Balaban J connectivity index is 1.87. The van der Waals surface area contributed by atoms with Crippen molar-refractivity contribution in [3.63, 3.8) is 0 Å². The summed E-state index contributed by atoms with van der Waals surface area (Å²) in [7, 11) is 0. The van der Waals surface area contributed by atoms with E-state index in [0.717, 1.165) is 31.6 Å². The van der Waals surface area contributed by atoms with E-state index in [0.29, 0.717) is 16.4 Å². The second-order valence-corrected chi connectivity index (χ2v) is 6.91. The Morgan fingerprint density at radius 3 is 2.76 bits per heavy atom. The first kappa shape index (κ1) is 16.3. The minimum absolute atomic E-state index is 0.0542. The summed E-state index contributed by atoms with van der Waals surface area (Å²) >= 11 is 6.09. The van der Waals surface area contributed by atoms with Crippen LogP contribution in [0.15, 0.2) is 0 Å². The third-order valence-corrected chi connectivity index (χ3v) is 4.44. The molecule has 0 aliphatic carbocycles. The number of carbonyl (C=O) groups excluding carboxylic acids is 1. The van der Waals surface area contributed by atoms with E-state index in [4.69, 9.17) is 18.0 Å². The van der Waals surface area contributed by atoms with Gasteiger partial charge >= 0.3 is 0 Å². The van der Waals surface area contributed by atoms with Gasteiger partial charge in [-0.25, -0.2) is 0 Å². The molecule has 1 saturated heterocycles. The molecule has 0 spiro atoms. The second-order valence-electron chi connectivity index (χ2n) is 5.63. The van der Waals surface area contributed by atoms with Crippen LogP contribution < -0.4 is 11.1 Å². The van der Waals surface area contributed by atoms with Gasteiger partial charge in [-0.05, 0) is 30.3 Å². The molecule has 0 saturated carbocycles. The lowest BCUT2D eigenvalue weighted by Gasteiger charge is -2.31. The fourth-order valence-corrected chi connectivity index (χ4v) is 3.34. The number of aromatic nitrogens is 2. The molecule has 2 heterocycles. The SMILES string of the molecule is CC(C)c1nnsc1C(=O)NC1CCN(CC(N)=S)CC1. The Kier molecular flexibility index (Phi) is 5.60. The smallest absolute Gasteiger partial charge is 0.265 e. The molecule has 6 nitrogen and oxygen atoms in total. The summed E-state index contributed by atoms with van der Waals surface area (Å²) in [5.41, 5.74) is 6.34. The first-order valence-corrected chi connectivity index (χ1v) is 8.29. The maximum Gasteiger partial charge on any atom is 0.265 e. The number of piperidine rings is 1. The summed E-state index contributed by atoms with van der Waals surface area (Å²) in [6, 6.07) is 0.196. The Hall–Kier alpha value is -1.12. The van der Waals surface area contributed by atoms with E-state index in [1.807, 2.05) is 13.8 Å². The second kappa shape index (κ2) is 7.24. The number of nitrogens with one attached hydrogen (secondary N) is 1. The van der Waals surface area contributed by atoms with Crippen molar-refractivity contribution in [3.05, 3.63) is 10.6 Å². The van der Waals surface area contributed by atoms with Crippen LogP contribution in [0.3, 0.4) is 0 Å². The summed E-state index contributed by atoms with van der Waals surface area (Å²) in [5, 5.41) is 7.14. The molecule has 0 bridgehead atoms. The average Bonchev–Trinajstić information content (AvgIpc) is 2.90. The topological polar surface area (TPSA) is 84.1 Å². The summed E-state index contributed by atoms with van der Waals surface area (Å²) in [6.45, 7) is 6.50. The number of hydrogen-bond acceptors (Lipinski definition) is 6. The lowest BCUT2D eigenvalue weighted by atomic mass is 10.0. The number of carbonyl (C=O) groups is 1. The molecule has 8 heteroatoms. The molecular formula is C13H21N5OS2. The highest BCUT2D eigenvalue weighted by Gasteiger charge is 2.24. The summed E-state index contributed by atoms with van der Waals surface area (Å²) in [5.74, 6) is 0.151. The lowest BCUT2D eigenvalue weighted by Crippen LogP contribution is -2.46. The highest BCUT2D eigenvalue weighted by atomic mass is 32.1. The van der Waals surface area contributed by atoms with Crippen LogP contribution in [0.4, 0.5) is 0 Å². The number of amides is 1. The van der Waals surface area contributed by atoms with E-state index in [1.165, 1.54) is 11.5 Å². The predicted octanol–water partition coefficient (Wildman–Crippen LogP) is 1.14. The predicted molar refractivity (Wildman–Crippen MR) is 87.7 cm³/mol. The normalized spacial score (nSPS) is 17.1. The summed E-state index contributed by atoms with van der Waals surface area (Å²) < 4.78 is 3.90. The Bertz CT molecular complexity index is 508. The third kappa shape index (κ3) is 4.42. The van der Waals surface area contributed by atoms with E-state index >= 15 is 0 Å². The highest BCUT2D eigenvalue weighted by Crippen LogP contribution is 2.20. The van der Waals surface area contributed by atoms with Crippen molar-refractivity contribution in [1.29, 1.82) is 0 Å². The van der Waals surface area contributed by atoms with Crippen LogP contribution in [0.2, 0.25) is 0 Å². The first-order valence-electron chi connectivity index (χ1n) is 7.11. The number of hydrogen-bond donors (Lipinski definition) is 2. The van der Waals surface area contributed by atoms with Crippen molar-refractivity contribution in [2.45, 2.75) is 38.6 Å². The molecule has 3 N–H and O–H groups in total. The largest absolute Gasteiger partial charge is 0.392 e. The number of likely N-dealkylation sites (tertiary alicyclic amines) is 1. The molecule has 1 aliphatic rings. The van der Waals surface area contributed by atoms with Gasteiger partial charge in [-0.15, -0.1) is 5.10 Å². The molecule has 1 aliphatic heterocycles. The molecule has 21 heavy (non-hydrogen) atoms. The van der Waals surface area contributed by atoms with Crippen LogP contribution in [-0.4, -0.2) is 51.1 Å². The molecular weight excluding hydrogens is 306 g/mol. The Labute approximate surface area is 134 Å². The standard InChI is InChI=1S/C13H21N5OS2/c1-8(2)11-12(21-17-16-11)13(19)15-9-3-5-18(6-4-9)7-10(14)20/h8-9H,3-7H2,1-2H3,(H2,14,20)(H,15,19). The zero-order valence-corrected chi connectivity index (χ0v) is 14.0. The summed E-state index contributed by atoms with van der Waals surface area (Å²) in [4.78, 5) is 15.7. The molecule has 1 aromatic rings. The van der Waals surface area contributed by atoms with E-state index in [1.54, 1.807) is 0 Å². The fraction of sp³-hybridized carbons (Fsp3) is 0.692. The van der Waals surface area contributed by atoms with Crippen molar-refractivity contribution in [1.82, 2.24) is 19.8 Å². The first-order chi connectivity index (χ1) is 9.97. The van der Waals surface area contributed by atoms with E-state index in [-0.39, 0.29) is 17.9 Å². The van der Waals surface area contributed by atoms with Crippen molar-refractivity contribution in [2.24, 2.45) is 5.73 Å². The molecule has 0 aromatic carbocycles. The van der Waals surface area contributed by atoms with E-state index < -0.39 is 0 Å². The Morgan fingerprint density at radius 1 is 1.52 bits per heavy atom. The molecule has 1 fully saturated rings. The van der Waals surface area contributed by atoms with Gasteiger partial charge in [0, 0.05) is 25.7 Å². The van der Waals surface area contributed by atoms with Crippen LogP contribution >= 0.6 is 23.8 Å². The van der Waals surface area contributed by atoms with Gasteiger partial charge in [0.15, 0.2) is 0 Å². The minimum atomic E-state index is -0.0542. The van der Waals surface area contributed by atoms with E-state index in [9.17, 15) is 4.79 Å². The molecule has 0 unspecified atom stereocenters. The molecule has 1 aromatic heterocycles. The minimum Gasteiger partial charge on any atom is -0.392 e. The van der Waals surface area contributed by atoms with Gasteiger partial charge in [0.1, 0.15) is 4.88 Å². The van der Waals surface area contributed by atoms with Gasteiger partial charge in [0.2, 0.25) is 0 Å². The number of rotatable bonds is 5. The van der Waals surface area contributed by atoms with Crippen LogP contribution in [-0.2, 0) is 0 Å². The molecule has 1 amide bonds. The van der Waals surface area contributed by atoms with Crippen LogP contribution in [0.1, 0.15) is 48.0 Å². The quantitative estimate of drug-likeness (QED) is 0.789. The van der Waals surface area contributed by atoms with Crippen LogP contribution in [0, 0.1) is 0 Å². The fourth-order valence-electron chi connectivity index (χ4n) is 2.44. The average molecular weight is 327 g/mol. The Morgan fingerprint density at radius 2 is 2.19 bits per heavy atom. The molecule has 2 rings (SSSR count). The number of nitrogens with zero attached hydrogens (tertiary/aromatic N) is 3. The zero-order chi connectivity index (χ0) is 15.4. The molecule has 0 atom stereocenters. The van der Waals surface area contributed by atoms with Crippen molar-refractivity contribution < 1.29 is 4.79 Å². The van der Waals surface area contributed by atoms with Gasteiger partial charge in [-0.3, -0.25) is 9.69 Å². The van der Waals surface area contributed by atoms with Crippen LogP contribution in [0.25, 0.3) is 0 Å². The lowest BCUT2D eigenvalue weighted by molar-refractivity contribution is 0.0917. The van der Waals surface area contributed by atoms with Gasteiger partial charge in [-0.1, -0.05) is 30.6 Å². The van der Waals surface area contributed by atoms with Crippen molar-refractivity contribution in [3.8, 4) is 0 Å². The number of thiocarbonyl (C=S) groups is 1. The summed E-state index contributed by atoms with van der Waals surface area (Å²) in [6.07, 6.45) is 1.83. The van der Waals surface area contributed by atoms with Gasteiger partial charge < -0.3 is 11.1 Å². The van der Waals surface area contributed by atoms with Gasteiger partial charge in [0.25, 0.3) is 5.91 Å². The van der Waals surface area contributed by atoms with Gasteiger partial charge in [0.05, 0.1) is 10.7 Å².